The number of nitrogens with one attached hydrogen (secondary N) is 1. The summed E-state index contributed by atoms with van der Waals surface area (Å²) in [6.07, 6.45) is 5.28. The van der Waals surface area contributed by atoms with Crippen molar-refractivity contribution in [1.82, 2.24) is 4.98 Å². The van der Waals surface area contributed by atoms with Crippen molar-refractivity contribution >= 4 is 17.7 Å². The number of hydrogen-bond donors (Lipinski definition) is 1. The highest BCUT2D eigenvalue weighted by molar-refractivity contribution is 5.97. The molecule has 1 aromatic heterocycles. The Morgan fingerprint density at radius 1 is 1.67 bits per heavy atom. The topological polar surface area (TPSA) is 51.2 Å². The maximum absolute atomic E-state index is 11.5. The molecule has 0 aromatic carbocycles. The van der Waals surface area contributed by atoms with E-state index in [9.17, 15) is 4.79 Å². The number of aromatic nitrogens is 1. The summed E-state index contributed by atoms with van der Waals surface area (Å²) in [7, 11) is 0. The lowest BCUT2D eigenvalue weighted by Crippen LogP contribution is -2.19. The molecule has 78 valence electrons. The second-order valence-corrected chi connectivity index (χ2v) is 3.21. The lowest BCUT2D eigenvalue weighted by Gasteiger charge is -2.16. The lowest BCUT2D eigenvalue weighted by molar-refractivity contribution is -0.138. The average Bonchev–Trinajstić information content (AvgIpc) is 2.29. The Bertz CT molecular complexity index is 413. The van der Waals surface area contributed by atoms with Crippen LogP contribution in [0.5, 0.6) is 0 Å². The molecule has 2 rings (SSSR count). The minimum Gasteiger partial charge on any atom is -0.463 e. The van der Waals surface area contributed by atoms with Crippen molar-refractivity contribution in [3.8, 4) is 0 Å². The van der Waals surface area contributed by atoms with E-state index in [1.54, 1.807) is 19.3 Å². The van der Waals surface area contributed by atoms with E-state index in [0.29, 0.717) is 18.7 Å². The second-order valence-electron chi connectivity index (χ2n) is 3.21. The van der Waals surface area contributed by atoms with Crippen LogP contribution in [0, 0.1) is 0 Å². The first-order chi connectivity index (χ1) is 7.31. The molecule has 0 spiro atoms. The van der Waals surface area contributed by atoms with E-state index in [-0.39, 0.29) is 5.97 Å². The van der Waals surface area contributed by atoms with Crippen molar-refractivity contribution in [3.63, 3.8) is 0 Å². The summed E-state index contributed by atoms with van der Waals surface area (Å²) in [6, 6.07) is 1.86. The van der Waals surface area contributed by atoms with E-state index in [2.05, 4.69) is 10.3 Å². The number of ether oxygens (including phenoxy) is 1. The van der Waals surface area contributed by atoms with Crippen LogP contribution in [0.2, 0.25) is 0 Å². The van der Waals surface area contributed by atoms with Crippen molar-refractivity contribution in [2.24, 2.45) is 0 Å². The first-order valence-electron chi connectivity index (χ1n) is 4.87. The van der Waals surface area contributed by atoms with Crippen LogP contribution in [0.25, 0.3) is 6.08 Å². The third kappa shape index (κ3) is 1.98. The van der Waals surface area contributed by atoms with Crippen LogP contribution in [0.4, 0.5) is 5.69 Å². The third-order valence-electron chi connectivity index (χ3n) is 2.19. The molecule has 0 aliphatic carbocycles. The van der Waals surface area contributed by atoms with Gasteiger partial charge in [-0.2, -0.15) is 0 Å². The van der Waals surface area contributed by atoms with E-state index < -0.39 is 0 Å². The Kier molecular flexibility index (Phi) is 2.67. The van der Waals surface area contributed by atoms with E-state index in [1.165, 1.54) is 0 Å². The molecule has 0 radical (unpaired) electrons. The van der Waals surface area contributed by atoms with Crippen LogP contribution in [0.15, 0.2) is 24.0 Å². The number of fused-ring (bicyclic) bond motifs is 1. The zero-order chi connectivity index (χ0) is 10.7. The fourth-order valence-corrected chi connectivity index (χ4v) is 1.46. The minimum absolute atomic E-state index is 0.257. The molecule has 0 bridgehead atoms. The summed E-state index contributed by atoms with van der Waals surface area (Å²) in [5.74, 6) is -0.257. The fraction of sp³-hybridized carbons (Fsp3) is 0.273. The highest BCUT2D eigenvalue weighted by Crippen LogP contribution is 2.22. The highest BCUT2D eigenvalue weighted by Gasteiger charge is 2.15. The molecule has 1 aliphatic heterocycles. The molecule has 0 unspecified atom stereocenters. The van der Waals surface area contributed by atoms with E-state index >= 15 is 0 Å². The zero-order valence-corrected chi connectivity index (χ0v) is 8.49. The standard InChI is InChI=1S/C11H12N2O2/c1-2-15-11(14)9-5-8-3-4-12-7-10(8)13-6-9/h3-5,7,13H,2,6H2,1H3. The zero-order valence-electron chi connectivity index (χ0n) is 8.49. The molecule has 0 amide bonds. The number of pyridine rings is 1. The number of rotatable bonds is 2. The Hall–Kier alpha value is -1.84. The van der Waals surface area contributed by atoms with Gasteiger partial charge in [0.1, 0.15) is 0 Å². The molecule has 2 heterocycles. The van der Waals surface area contributed by atoms with Gasteiger partial charge in [0.25, 0.3) is 0 Å². The van der Waals surface area contributed by atoms with Crippen LogP contribution in [-0.4, -0.2) is 24.1 Å². The molecular formula is C11H12N2O2. The number of hydrogen-bond acceptors (Lipinski definition) is 4. The first kappa shape index (κ1) is 9.71. The molecule has 1 aliphatic rings. The van der Waals surface area contributed by atoms with Crippen LogP contribution >= 0.6 is 0 Å². The van der Waals surface area contributed by atoms with Crippen LogP contribution in [0.1, 0.15) is 12.5 Å². The van der Waals surface area contributed by atoms with Crippen molar-refractivity contribution < 1.29 is 9.53 Å². The number of carbonyl (C=O) groups is 1. The van der Waals surface area contributed by atoms with Gasteiger partial charge in [0.05, 0.1) is 24.1 Å². The summed E-state index contributed by atoms with van der Waals surface area (Å²) in [5.41, 5.74) is 2.57. The molecular weight excluding hydrogens is 192 g/mol. The molecule has 0 saturated heterocycles. The van der Waals surface area contributed by atoms with Crippen molar-refractivity contribution in [3.05, 3.63) is 29.6 Å². The number of carbonyl (C=O) groups excluding carboxylic acids is 1. The van der Waals surface area contributed by atoms with Gasteiger partial charge in [-0.25, -0.2) is 4.79 Å². The van der Waals surface area contributed by atoms with Crippen LogP contribution in [-0.2, 0) is 9.53 Å². The normalized spacial score (nSPS) is 13.5. The highest BCUT2D eigenvalue weighted by atomic mass is 16.5. The van der Waals surface area contributed by atoms with Gasteiger partial charge < -0.3 is 10.1 Å². The van der Waals surface area contributed by atoms with E-state index in [1.807, 2.05) is 12.1 Å². The van der Waals surface area contributed by atoms with Gasteiger partial charge in [-0.3, -0.25) is 4.98 Å². The number of nitrogens with zero attached hydrogens (tertiary/aromatic N) is 1. The third-order valence-corrected chi connectivity index (χ3v) is 2.19. The second kappa shape index (κ2) is 4.13. The van der Waals surface area contributed by atoms with E-state index in [0.717, 1.165) is 11.3 Å². The summed E-state index contributed by atoms with van der Waals surface area (Å²) in [5, 5.41) is 3.12. The molecule has 4 nitrogen and oxygen atoms in total. The Balaban J connectivity index is 2.25. The van der Waals surface area contributed by atoms with Gasteiger partial charge in [-0.1, -0.05) is 0 Å². The van der Waals surface area contributed by atoms with Gasteiger partial charge in [0.15, 0.2) is 0 Å². The number of esters is 1. The van der Waals surface area contributed by atoms with E-state index in [4.69, 9.17) is 4.74 Å². The summed E-state index contributed by atoms with van der Waals surface area (Å²) in [4.78, 5) is 15.5. The maximum Gasteiger partial charge on any atom is 0.335 e. The molecule has 4 heteroatoms. The molecule has 0 atom stereocenters. The summed E-state index contributed by atoms with van der Waals surface area (Å²) < 4.78 is 4.93. The van der Waals surface area contributed by atoms with Gasteiger partial charge in [-0.05, 0) is 19.1 Å². The molecule has 1 aromatic rings. The van der Waals surface area contributed by atoms with Gasteiger partial charge >= 0.3 is 5.97 Å². The van der Waals surface area contributed by atoms with Crippen molar-refractivity contribution in [2.75, 3.05) is 18.5 Å². The molecule has 0 fully saturated rings. The summed E-state index contributed by atoms with van der Waals surface area (Å²) in [6.45, 7) is 2.70. The quantitative estimate of drug-likeness (QED) is 0.741. The predicted octanol–water partition coefficient (Wildman–Crippen LogP) is 1.45. The van der Waals surface area contributed by atoms with Crippen molar-refractivity contribution in [2.45, 2.75) is 6.92 Å². The largest absolute Gasteiger partial charge is 0.463 e. The average molecular weight is 204 g/mol. The van der Waals surface area contributed by atoms with Gasteiger partial charge in [0.2, 0.25) is 0 Å². The first-order valence-corrected chi connectivity index (χ1v) is 4.87. The van der Waals surface area contributed by atoms with Gasteiger partial charge in [-0.15, -0.1) is 0 Å². The van der Waals surface area contributed by atoms with Gasteiger partial charge in [0, 0.05) is 18.3 Å². The fourth-order valence-electron chi connectivity index (χ4n) is 1.46. The molecule has 1 N–H and O–H groups in total. The summed E-state index contributed by atoms with van der Waals surface area (Å²) >= 11 is 0. The molecule has 15 heavy (non-hydrogen) atoms. The van der Waals surface area contributed by atoms with Crippen molar-refractivity contribution in [1.29, 1.82) is 0 Å². The minimum atomic E-state index is -0.257. The maximum atomic E-state index is 11.5. The van der Waals surface area contributed by atoms with Crippen LogP contribution in [0.3, 0.4) is 0 Å². The monoisotopic (exact) mass is 204 g/mol. The Morgan fingerprint density at radius 2 is 2.53 bits per heavy atom. The number of anilines is 1. The smallest absolute Gasteiger partial charge is 0.335 e. The SMILES string of the molecule is CCOC(=O)C1=Cc2ccncc2NC1. The predicted molar refractivity (Wildman–Crippen MR) is 57.3 cm³/mol. The van der Waals surface area contributed by atoms with Crippen LogP contribution < -0.4 is 5.32 Å². The molecule has 0 saturated carbocycles. The Labute approximate surface area is 88.0 Å². The Morgan fingerprint density at radius 3 is 3.33 bits per heavy atom. The lowest BCUT2D eigenvalue weighted by atomic mass is 10.1.